The largest absolute Gasteiger partial charge is 0.354 e. The molecule has 0 aromatic heterocycles. The average molecular weight is 293 g/mol. The first-order valence-corrected chi connectivity index (χ1v) is 8.73. The fourth-order valence-corrected chi connectivity index (χ4v) is 5.24. The summed E-state index contributed by atoms with van der Waals surface area (Å²) in [4.78, 5) is 15.0. The standard InChI is InChI=1S/C18H31NO2/c1-10(2)15-12(4)16(20)19-17(15)21-14-9-11(3)7-8-13(14)18(19,5)6/h10-15,17H,7-9H2,1-6H3/t11-,12-,13-,14-,15-,17+/m1/s1. The molecular formula is C18H31NO2. The molecule has 3 nitrogen and oxygen atoms in total. The van der Waals surface area contributed by atoms with Gasteiger partial charge in [-0.25, -0.2) is 0 Å². The second-order valence-corrected chi connectivity index (χ2v) is 8.56. The molecule has 0 aromatic rings. The molecule has 3 fully saturated rings. The molecule has 1 amide bonds. The SMILES string of the molecule is CC(C)[C@@H]1[C@@H](C)C(=O)N2[C@H]1O[C@@H]1C[C@H](C)CC[C@H]1C2(C)C. The number of fused-ring (bicyclic) bond motifs is 2. The Kier molecular flexibility index (Phi) is 3.63. The first-order chi connectivity index (χ1) is 9.75. The highest BCUT2D eigenvalue weighted by molar-refractivity contribution is 5.82. The molecule has 6 atom stereocenters. The van der Waals surface area contributed by atoms with Gasteiger partial charge in [-0.2, -0.15) is 0 Å². The van der Waals surface area contributed by atoms with E-state index in [1.807, 2.05) is 0 Å². The molecule has 0 unspecified atom stereocenters. The summed E-state index contributed by atoms with van der Waals surface area (Å²) < 4.78 is 6.54. The minimum Gasteiger partial charge on any atom is -0.354 e. The summed E-state index contributed by atoms with van der Waals surface area (Å²) in [5.41, 5.74) is -0.0668. The highest BCUT2D eigenvalue weighted by atomic mass is 16.5. The smallest absolute Gasteiger partial charge is 0.228 e. The third kappa shape index (κ3) is 2.15. The van der Waals surface area contributed by atoms with Gasteiger partial charge in [0, 0.05) is 23.3 Å². The third-order valence-corrected chi connectivity index (χ3v) is 6.45. The summed E-state index contributed by atoms with van der Waals surface area (Å²) in [5, 5.41) is 0. The number of hydrogen-bond acceptors (Lipinski definition) is 2. The molecule has 0 aromatic carbocycles. The Morgan fingerprint density at radius 3 is 2.52 bits per heavy atom. The number of rotatable bonds is 1. The molecule has 0 N–H and O–H groups in total. The predicted octanol–water partition coefficient (Wildman–Crippen LogP) is 3.68. The van der Waals surface area contributed by atoms with Crippen LogP contribution in [-0.2, 0) is 9.53 Å². The van der Waals surface area contributed by atoms with E-state index in [1.165, 1.54) is 12.8 Å². The van der Waals surface area contributed by atoms with Crippen molar-refractivity contribution >= 4 is 5.91 Å². The van der Waals surface area contributed by atoms with Crippen molar-refractivity contribution < 1.29 is 9.53 Å². The molecular weight excluding hydrogens is 262 g/mol. The molecule has 2 saturated heterocycles. The number of amides is 1. The van der Waals surface area contributed by atoms with E-state index in [-0.39, 0.29) is 17.7 Å². The lowest BCUT2D eigenvalue weighted by atomic mass is 9.69. The molecule has 1 aliphatic carbocycles. The quantitative estimate of drug-likeness (QED) is 0.738. The average Bonchev–Trinajstić information content (AvgIpc) is 2.61. The third-order valence-electron chi connectivity index (χ3n) is 6.45. The molecule has 120 valence electrons. The van der Waals surface area contributed by atoms with Crippen LogP contribution in [0.15, 0.2) is 0 Å². The van der Waals surface area contributed by atoms with E-state index in [0.29, 0.717) is 29.8 Å². The van der Waals surface area contributed by atoms with Gasteiger partial charge in [-0.05, 0) is 38.5 Å². The molecule has 0 spiro atoms. The van der Waals surface area contributed by atoms with Crippen LogP contribution >= 0.6 is 0 Å². The minimum absolute atomic E-state index is 0.00551. The van der Waals surface area contributed by atoms with Gasteiger partial charge in [0.05, 0.1) is 6.10 Å². The molecule has 3 rings (SSSR count). The number of carbonyl (C=O) groups is 1. The van der Waals surface area contributed by atoms with Crippen molar-refractivity contribution in [1.82, 2.24) is 4.90 Å². The molecule has 0 radical (unpaired) electrons. The summed E-state index contributed by atoms with van der Waals surface area (Å²) in [6.07, 6.45) is 3.95. The highest BCUT2D eigenvalue weighted by Gasteiger charge is 2.60. The number of ether oxygens (including phenoxy) is 1. The normalized spacial score (nSPS) is 45.7. The Balaban J connectivity index is 1.96. The van der Waals surface area contributed by atoms with Crippen LogP contribution in [0.25, 0.3) is 0 Å². The summed E-state index contributed by atoms with van der Waals surface area (Å²) >= 11 is 0. The number of nitrogens with zero attached hydrogens (tertiary/aromatic N) is 1. The van der Waals surface area contributed by atoms with Crippen LogP contribution in [0.1, 0.15) is 60.8 Å². The second-order valence-electron chi connectivity index (χ2n) is 8.56. The van der Waals surface area contributed by atoms with Gasteiger partial charge in [-0.15, -0.1) is 0 Å². The van der Waals surface area contributed by atoms with E-state index < -0.39 is 0 Å². The first kappa shape index (κ1) is 15.3. The van der Waals surface area contributed by atoms with Crippen LogP contribution in [0.3, 0.4) is 0 Å². The van der Waals surface area contributed by atoms with E-state index in [0.717, 1.165) is 12.3 Å². The van der Waals surface area contributed by atoms with Crippen molar-refractivity contribution in [1.29, 1.82) is 0 Å². The van der Waals surface area contributed by atoms with Crippen LogP contribution < -0.4 is 0 Å². The zero-order valence-corrected chi connectivity index (χ0v) is 14.4. The van der Waals surface area contributed by atoms with Gasteiger partial charge >= 0.3 is 0 Å². The van der Waals surface area contributed by atoms with Gasteiger partial charge in [0.1, 0.15) is 6.23 Å². The van der Waals surface area contributed by atoms with Crippen molar-refractivity contribution in [2.24, 2.45) is 29.6 Å². The molecule has 1 saturated carbocycles. The molecule has 2 aliphatic heterocycles. The monoisotopic (exact) mass is 293 g/mol. The Labute approximate surface area is 129 Å². The second kappa shape index (κ2) is 4.97. The maximum absolute atomic E-state index is 12.9. The lowest BCUT2D eigenvalue weighted by Gasteiger charge is -2.56. The van der Waals surface area contributed by atoms with Crippen LogP contribution in [-0.4, -0.2) is 28.7 Å². The maximum atomic E-state index is 12.9. The van der Waals surface area contributed by atoms with Crippen LogP contribution in [0.5, 0.6) is 0 Å². The first-order valence-electron chi connectivity index (χ1n) is 8.73. The summed E-state index contributed by atoms with van der Waals surface area (Å²) in [6, 6.07) is 0. The van der Waals surface area contributed by atoms with E-state index in [4.69, 9.17) is 4.74 Å². The van der Waals surface area contributed by atoms with Crippen LogP contribution in [0.2, 0.25) is 0 Å². The van der Waals surface area contributed by atoms with Crippen LogP contribution in [0, 0.1) is 29.6 Å². The Hall–Kier alpha value is -0.570. The van der Waals surface area contributed by atoms with Crippen molar-refractivity contribution in [3.63, 3.8) is 0 Å². The minimum atomic E-state index is -0.0668. The van der Waals surface area contributed by atoms with E-state index >= 15 is 0 Å². The van der Waals surface area contributed by atoms with E-state index in [1.54, 1.807) is 0 Å². The molecule has 0 bridgehead atoms. The van der Waals surface area contributed by atoms with Crippen molar-refractivity contribution in [2.75, 3.05) is 0 Å². The van der Waals surface area contributed by atoms with Crippen molar-refractivity contribution in [3.8, 4) is 0 Å². The van der Waals surface area contributed by atoms with Gasteiger partial charge < -0.3 is 9.64 Å². The summed E-state index contributed by atoms with van der Waals surface area (Å²) in [7, 11) is 0. The topological polar surface area (TPSA) is 29.5 Å². The fraction of sp³-hybridized carbons (Fsp3) is 0.944. The van der Waals surface area contributed by atoms with Gasteiger partial charge in [-0.3, -0.25) is 4.79 Å². The fourth-order valence-electron chi connectivity index (χ4n) is 5.24. The lowest BCUT2D eigenvalue weighted by Crippen LogP contribution is -2.64. The Morgan fingerprint density at radius 2 is 1.90 bits per heavy atom. The zero-order valence-electron chi connectivity index (χ0n) is 14.4. The summed E-state index contributed by atoms with van der Waals surface area (Å²) in [5.74, 6) is 2.45. The van der Waals surface area contributed by atoms with Crippen molar-refractivity contribution in [2.45, 2.75) is 78.7 Å². The number of carbonyl (C=O) groups excluding carboxylic acids is 1. The maximum Gasteiger partial charge on any atom is 0.228 e. The molecule has 3 heteroatoms. The van der Waals surface area contributed by atoms with E-state index in [2.05, 4.69) is 46.4 Å². The Morgan fingerprint density at radius 1 is 1.24 bits per heavy atom. The predicted molar refractivity (Wildman–Crippen MR) is 83.6 cm³/mol. The van der Waals surface area contributed by atoms with Gasteiger partial charge in [0.25, 0.3) is 0 Å². The number of hydrogen-bond donors (Lipinski definition) is 0. The van der Waals surface area contributed by atoms with Crippen LogP contribution in [0.4, 0.5) is 0 Å². The molecule has 2 heterocycles. The highest BCUT2D eigenvalue weighted by Crippen LogP contribution is 2.51. The molecule has 21 heavy (non-hydrogen) atoms. The van der Waals surface area contributed by atoms with Gasteiger partial charge in [0.2, 0.25) is 5.91 Å². The lowest BCUT2D eigenvalue weighted by molar-refractivity contribution is -0.230. The van der Waals surface area contributed by atoms with Gasteiger partial charge in [-0.1, -0.05) is 34.1 Å². The molecule has 3 aliphatic rings. The van der Waals surface area contributed by atoms with E-state index in [9.17, 15) is 4.79 Å². The summed E-state index contributed by atoms with van der Waals surface area (Å²) in [6.45, 7) is 13.4. The van der Waals surface area contributed by atoms with Crippen molar-refractivity contribution in [3.05, 3.63) is 0 Å². The van der Waals surface area contributed by atoms with Gasteiger partial charge in [0.15, 0.2) is 0 Å². The Bertz CT molecular complexity index is 431. The zero-order chi connectivity index (χ0) is 15.5.